The molecule has 0 radical (unpaired) electrons. The standard InChI is InChI=1S/C12H30NSi2.Na/c1-7-14(8-2,9-3)13-15(10-4,11-5)12-6;/h7-12H2,1-6H3;/q-1;+1. The first-order valence-electron chi connectivity index (χ1n) is 6.81. The normalized spacial score (nSPS) is 12.4. The van der Waals surface area contributed by atoms with Crippen molar-refractivity contribution < 1.29 is 29.6 Å². The van der Waals surface area contributed by atoms with E-state index in [4.69, 9.17) is 4.65 Å². The van der Waals surface area contributed by atoms with Crippen LogP contribution >= 0.6 is 0 Å². The summed E-state index contributed by atoms with van der Waals surface area (Å²) in [6.45, 7) is 14.2. The van der Waals surface area contributed by atoms with E-state index in [1.807, 2.05) is 0 Å². The fourth-order valence-electron chi connectivity index (χ4n) is 2.48. The first kappa shape index (κ1) is 19.7. The van der Waals surface area contributed by atoms with E-state index in [9.17, 15) is 0 Å². The molecule has 0 unspecified atom stereocenters. The number of rotatable bonds is 8. The molecule has 0 aromatic carbocycles. The molecule has 0 aromatic heterocycles. The molecule has 0 aromatic rings. The van der Waals surface area contributed by atoms with Crippen LogP contribution in [0, 0.1) is 0 Å². The molecule has 0 N–H and O–H groups in total. The van der Waals surface area contributed by atoms with Crippen LogP contribution in [0.2, 0.25) is 36.3 Å². The van der Waals surface area contributed by atoms with E-state index >= 15 is 0 Å². The first-order chi connectivity index (χ1) is 7.07. The van der Waals surface area contributed by atoms with Gasteiger partial charge in [0.05, 0.1) is 0 Å². The molecule has 0 heterocycles. The smallest absolute Gasteiger partial charge is 0.666 e. The number of nitrogens with zero attached hydrogens (tertiary/aromatic N) is 1. The second kappa shape index (κ2) is 9.34. The van der Waals surface area contributed by atoms with E-state index < -0.39 is 16.5 Å². The van der Waals surface area contributed by atoms with Gasteiger partial charge in [-0.15, -0.1) is 0 Å². The zero-order valence-electron chi connectivity index (χ0n) is 12.7. The minimum Gasteiger partial charge on any atom is -0.666 e. The molecular formula is C12H30NNaSi2. The zero-order valence-corrected chi connectivity index (χ0v) is 16.7. The largest absolute Gasteiger partial charge is 1.00 e. The zero-order chi connectivity index (χ0) is 11.9. The molecule has 16 heavy (non-hydrogen) atoms. The topological polar surface area (TPSA) is 14.1 Å². The van der Waals surface area contributed by atoms with Gasteiger partial charge in [0.1, 0.15) is 0 Å². The Morgan fingerprint density at radius 3 is 0.875 bits per heavy atom. The van der Waals surface area contributed by atoms with Gasteiger partial charge < -0.3 is 4.65 Å². The van der Waals surface area contributed by atoms with Crippen molar-refractivity contribution in [3.05, 3.63) is 4.65 Å². The third kappa shape index (κ3) is 4.95. The molecule has 0 aliphatic heterocycles. The predicted molar refractivity (Wildman–Crippen MR) is 77.8 cm³/mol. The van der Waals surface area contributed by atoms with E-state index in [0.717, 1.165) is 0 Å². The monoisotopic (exact) mass is 267 g/mol. The number of hydrogen-bond acceptors (Lipinski definition) is 0. The van der Waals surface area contributed by atoms with Gasteiger partial charge in [-0.25, -0.2) is 0 Å². The second-order valence-corrected chi connectivity index (χ2v) is 14.7. The Hall–Kier alpha value is 1.39. The molecule has 0 spiro atoms. The second-order valence-electron chi connectivity index (χ2n) is 4.68. The van der Waals surface area contributed by atoms with Gasteiger partial charge in [0.15, 0.2) is 0 Å². The molecule has 1 nitrogen and oxygen atoms in total. The van der Waals surface area contributed by atoms with Gasteiger partial charge in [0.2, 0.25) is 0 Å². The summed E-state index contributed by atoms with van der Waals surface area (Å²) in [4.78, 5) is 0. The molecule has 0 bridgehead atoms. The van der Waals surface area contributed by atoms with Crippen molar-refractivity contribution in [2.24, 2.45) is 0 Å². The number of hydrogen-bond donors (Lipinski definition) is 0. The van der Waals surface area contributed by atoms with E-state index in [1.54, 1.807) is 0 Å². The third-order valence-electron chi connectivity index (χ3n) is 4.42. The Morgan fingerprint density at radius 2 is 0.750 bits per heavy atom. The van der Waals surface area contributed by atoms with Crippen molar-refractivity contribution in [2.75, 3.05) is 0 Å². The van der Waals surface area contributed by atoms with Crippen LogP contribution in [0.4, 0.5) is 0 Å². The van der Waals surface area contributed by atoms with Gasteiger partial charge >= 0.3 is 29.6 Å². The van der Waals surface area contributed by atoms with Crippen LogP contribution < -0.4 is 29.6 Å². The van der Waals surface area contributed by atoms with Crippen molar-refractivity contribution >= 4 is 16.5 Å². The van der Waals surface area contributed by atoms with Crippen molar-refractivity contribution in [1.29, 1.82) is 0 Å². The minimum atomic E-state index is -1.23. The van der Waals surface area contributed by atoms with Gasteiger partial charge in [-0.2, -0.15) is 0 Å². The minimum absolute atomic E-state index is 0. The molecule has 0 aliphatic carbocycles. The Kier molecular flexibility index (Phi) is 11.5. The van der Waals surface area contributed by atoms with Crippen LogP contribution in [0.25, 0.3) is 4.65 Å². The molecular weight excluding hydrogens is 237 g/mol. The van der Waals surface area contributed by atoms with E-state index in [2.05, 4.69) is 41.5 Å². The summed E-state index contributed by atoms with van der Waals surface area (Å²) < 4.78 is 5.53. The summed E-state index contributed by atoms with van der Waals surface area (Å²) in [6.07, 6.45) is 0. The molecule has 0 atom stereocenters. The molecule has 0 aliphatic rings. The maximum Gasteiger partial charge on any atom is 1.00 e. The van der Waals surface area contributed by atoms with Gasteiger partial charge in [0, 0.05) is 0 Å². The molecule has 0 saturated heterocycles. The summed E-state index contributed by atoms with van der Waals surface area (Å²) in [7, 11) is -2.46. The Balaban J connectivity index is 0. The average molecular weight is 268 g/mol. The van der Waals surface area contributed by atoms with Gasteiger partial charge in [-0.05, 0) is 0 Å². The third-order valence-corrected chi connectivity index (χ3v) is 16.1. The Bertz CT molecular complexity index is 134. The van der Waals surface area contributed by atoms with Gasteiger partial charge in [-0.3, -0.25) is 0 Å². The fraction of sp³-hybridized carbons (Fsp3) is 1.00. The molecule has 0 fully saturated rings. The summed E-state index contributed by atoms with van der Waals surface area (Å²) in [5.41, 5.74) is 0. The van der Waals surface area contributed by atoms with Crippen LogP contribution in [0.3, 0.4) is 0 Å². The summed E-state index contributed by atoms with van der Waals surface area (Å²) in [6, 6.07) is 8.14. The molecule has 0 rings (SSSR count). The van der Waals surface area contributed by atoms with Crippen LogP contribution in [0.1, 0.15) is 41.5 Å². The molecule has 4 heteroatoms. The van der Waals surface area contributed by atoms with E-state index in [-0.39, 0.29) is 29.6 Å². The summed E-state index contributed by atoms with van der Waals surface area (Å²) >= 11 is 0. The maximum atomic E-state index is 5.53. The summed E-state index contributed by atoms with van der Waals surface area (Å²) in [5.74, 6) is 0. The van der Waals surface area contributed by atoms with Gasteiger partial charge in [0.25, 0.3) is 0 Å². The van der Waals surface area contributed by atoms with Crippen LogP contribution in [-0.4, -0.2) is 16.5 Å². The average Bonchev–Trinajstić information content (AvgIpc) is 2.33. The predicted octanol–water partition coefficient (Wildman–Crippen LogP) is 2.37. The summed E-state index contributed by atoms with van der Waals surface area (Å²) in [5, 5.41) is 0. The van der Waals surface area contributed by atoms with Crippen LogP contribution in [-0.2, 0) is 0 Å². The van der Waals surface area contributed by atoms with Crippen LogP contribution in [0.5, 0.6) is 0 Å². The first-order valence-corrected chi connectivity index (χ1v) is 11.9. The van der Waals surface area contributed by atoms with Crippen LogP contribution in [0.15, 0.2) is 0 Å². The van der Waals surface area contributed by atoms with Crippen molar-refractivity contribution in [2.45, 2.75) is 77.8 Å². The SMILES string of the molecule is CC[Si](CC)(CC)[N-][Si](CC)(CC)CC.[Na+]. The van der Waals surface area contributed by atoms with Crippen molar-refractivity contribution in [3.63, 3.8) is 0 Å². The fourth-order valence-corrected chi connectivity index (χ4v) is 13.3. The maximum absolute atomic E-state index is 5.53. The Labute approximate surface area is 128 Å². The van der Waals surface area contributed by atoms with E-state index in [1.165, 1.54) is 36.3 Å². The van der Waals surface area contributed by atoms with E-state index in [0.29, 0.717) is 0 Å². The molecule has 0 amide bonds. The Morgan fingerprint density at radius 1 is 0.562 bits per heavy atom. The quantitative estimate of drug-likeness (QED) is 0.600. The van der Waals surface area contributed by atoms with Gasteiger partial charge in [-0.1, -0.05) is 94.3 Å². The van der Waals surface area contributed by atoms with Crippen molar-refractivity contribution in [3.8, 4) is 0 Å². The molecule has 92 valence electrons. The molecule has 0 saturated carbocycles. The van der Waals surface area contributed by atoms with Crippen molar-refractivity contribution in [1.82, 2.24) is 0 Å².